The molecule has 0 aromatic heterocycles. The summed E-state index contributed by atoms with van der Waals surface area (Å²) in [5.41, 5.74) is -0.408. The Balaban J connectivity index is 1.56. The molecule has 1 heterocycles. The largest absolute Gasteiger partial charge is 0.454 e. The van der Waals surface area contributed by atoms with Gasteiger partial charge in [0.05, 0.1) is 0 Å². The number of halogens is 4. The summed E-state index contributed by atoms with van der Waals surface area (Å²) >= 11 is 0. The lowest BCUT2D eigenvalue weighted by Gasteiger charge is -2.09. The molecule has 0 aliphatic carbocycles. The second kappa shape index (κ2) is 7.52. The van der Waals surface area contributed by atoms with Crippen molar-refractivity contribution >= 4 is 11.8 Å². The van der Waals surface area contributed by atoms with Gasteiger partial charge in [-0.05, 0) is 17.7 Å². The van der Waals surface area contributed by atoms with Gasteiger partial charge in [-0.25, -0.2) is 17.6 Å². The highest BCUT2D eigenvalue weighted by Gasteiger charge is 2.21. The van der Waals surface area contributed by atoms with Crippen LogP contribution in [-0.2, 0) is 22.7 Å². The van der Waals surface area contributed by atoms with Crippen LogP contribution in [0.5, 0.6) is 11.5 Å². The van der Waals surface area contributed by atoms with Crippen LogP contribution in [-0.4, -0.2) is 18.6 Å². The van der Waals surface area contributed by atoms with Crippen molar-refractivity contribution in [3.05, 3.63) is 58.7 Å². The zero-order valence-electron chi connectivity index (χ0n) is 13.6. The van der Waals surface area contributed by atoms with Gasteiger partial charge in [-0.2, -0.15) is 0 Å². The lowest BCUT2D eigenvalue weighted by Crippen LogP contribution is -2.39. The summed E-state index contributed by atoms with van der Waals surface area (Å²) in [5, 5.41) is 4.20. The lowest BCUT2D eigenvalue weighted by atomic mass is 10.1. The molecule has 0 atom stereocenters. The number of hydrogen-bond donors (Lipinski definition) is 2. The fraction of sp³-hybridized carbons (Fsp3) is 0.176. The average molecular weight is 384 g/mol. The Bertz CT molecular complexity index is 894. The molecule has 2 amide bonds. The fourth-order valence-electron chi connectivity index (χ4n) is 2.34. The molecule has 0 saturated carbocycles. The molecule has 3 rings (SSSR count). The number of carbonyl (C=O) groups excluding carboxylic acids is 2. The summed E-state index contributed by atoms with van der Waals surface area (Å²) in [7, 11) is 0. The van der Waals surface area contributed by atoms with Crippen LogP contribution >= 0.6 is 0 Å². The van der Waals surface area contributed by atoms with Gasteiger partial charge in [0.1, 0.15) is 0 Å². The molecule has 2 aromatic carbocycles. The molecule has 6 nitrogen and oxygen atoms in total. The maximum Gasteiger partial charge on any atom is 0.309 e. The number of amides is 2. The fourth-order valence-corrected chi connectivity index (χ4v) is 2.34. The van der Waals surface area contributed by atoms with Gasteiger partial charge in [0.25, 0.3) is 0 Å². The predicted octanol–water partition coefficient (Wildman–Crippen LogP) is 1.90. The smallest absolute Gasteiger partial charge is 0.309 e. The molecule has 1 aliphatic rings. The van der Waals surface area contributed by atoms with Crippen molar-refractivity contribution in [2.75, 3.05) is 6.79 Å². The number of ether oxygens (including phenoxy) is 2. The van der Waals surface area contributed by atoms with Crippen molar-refractivity contribution < 1.29 is 36.6 Å². The highest BCUT2D eigenvalue weighted by atomic mass is 19.2. The van der Waals surface area contributed by atoms with Crippen molar-refractivity contribution in [3.63, 3.8) is 0 Å². The number of fused-ring (bicyclic) bond motifs is 1. The van der Waals surface area contributed by atoms with Crippen LogP contribution in [0.1, 0.15) is 11.1 Å². The third-order valence-corrected chi connectivity index (χ3v) is 3.72. The number of benzene rings is 2. The second-order valence-corrected chi connectivity index (χ2v) is 5.50. The Morgan fingerprint density at radius 2 is 1.44 bits per heavy atom. The van der Waals surface area contributed by atoms with E-state index >= 15 is 0 Å². The molecular weight excluding hydrogens is 372 g/mol. The molecule has 2 N–H and O–H groups in total. The molecule has 0 spiro atoms. The zero-order valence-corrected chi connectivity index (χ0v) is 13.6. The van der Waals surface area contributed by atoms with Crippen molar-refractivity contribution in [2.45, 2.75) is 13.1 Å². The summed E-state index contributed by atoms with van der Waals surface area (Å²) in [6.07, 6.45) is 0. The molecule has 2 aromatic rings. The van der Waals surface area contributed by atoms with Gasteiger partial charge < -0.3 is 20.1 Å². The quantitative estimate of drug-likeness (QED) is 0.480. The first-order valence-corrected chi connectivity index (χ1v) is 7.63. The summed E-state index contributed by atoms with van der Waals surface area (Å²) in [6.45, 7) is -0.843. The minimum atomic E-state index is -1.64. The number of carbonyl (C=O) groups is 2. The number of rotatable bonds is 4. The van der Waals surface area contributed by atoms with Gasteiger partial charge in [-0.1, -0.05) is 6.07 Å². The molecule has 0 fully saturated rings. The molecule has 0 saturated heterocycles. The van der Waals surface area contributed by atoms with E-state index in [9.17, 15) is 27.2 Å². The Morgan fingerprint density at radius 1 is 0.852 bits per heavy atom. The summed E-state index contributed by atoms with van der Waals surface area (Å²) in [5.74, 6) is -7.77. The zero-order chi connectivity index (χ0) is 19.6. The van der Waals surface area contributed by atoms with E-state index in [0.717, 1.165) is 0 Å². The molecule has 0 bridgehead atoms. The molecule has 1 aliphatic heterocycles. The van der Waals surface area contributed by atoms with Crippen molar-refractivity contribution in [2.24, 2.45) is 0 Å². The Hall–Kier alpha value is -3.30. The maximum absolute atomic E-state index is 13.5. The Kier molecular flexibility index (Phi) is 5.15. The monoisotopic (exact) mass is 384 g/mol. The molecule has 27 heavy (non-hydrogen) atoms. The first-order valence-electron chi connectivity index (χ1n) is 7.63. The van der Waals surface area contributed by atoms with Gasteiger partial charge in [-0.15, -0.1) is 0 Å². The predicted molar refractivity (Wildman–Crippen MR) is 82.5 cm³/mol. The second-order valence-electron chi connectivity index (χ2n) is 5.50. The van der Waals surface area contributed by atoms with Crippen molar-refractivity contribution in [3.8, 4) is 11.5 Å². The maximum atomic E-state index is 13.5. The highest BCUT2D eigenvalue weighted by molar-refractivity contribution is 6.35. The van der Waals surface area contributed by atoms with Gasteiger partial charge >= 0.3 is 11.8 Å². The van der Waals surface area contributed by atoms with Crippen LogP contribution in [0, 0.1) is 23.3 Å². The van der Waals surface area contributed by atoms with Crippen LogP contribution in [0.4, 0.5) is 17.6 Å². The molecular formula is C17H12F4N2O4. The van der Waals surface area contributed by atoms with E-state index in [1.165, 1.54) is 0 Å². The minimum absolute atomic E-state index is 0.0276. The molecule has 0 radical (unpaired) electrons. The number of hydrogen-bond acceptors (Lipinski definition) is 4. The third kappa shape index (κ3) is 3.94. The minimum Gasteiger partial charge on any atom is -0.454 e. The highest BCUT2D eigenvalue weighted by Crippen LogP contribution is 2.32. The Labute approximate surface area is 150 Å². The first-order chi connectivity index (χ1) is 12.9. The molecule has 142 valence electrons. The van der Waals surface area contributed by atoms with E-state index < -0.39 is 47.2 Å². The third-order valence-electron chi connectivity index (χ3n) is 3.72. The lowest BCUT2D eigenvalue weighted by molar-refractivity contribution is -0.139. The summed E-state index contributed by atoms with van der Waals surface area (Å²) in [4.78, 5) is 23.5. The van der Waals surface area contributed by atoms with E-state index in [0.29, 0.717) is 17.1 Å². The standard InChI is InChI=1S/C17H12F4N2O4/c18-10-4-11(19)15(21)9(14(10)20)6-23-17(25)16(24)22-5-8-1-2-12-13(3-8)27-7-26-12/h1-4H,5-7H2,(H,22,24)(H,23,25). The van der Waals surface area contributed by atoms with Crippen LogP contribution in [0.15, 0.2) is 24.3 Å². The van der Waals surface area contributed by atoms with E-state index in [4.69, 9.17) is 9.47 Å². The molecule has 0 unspecified atom stereocenters. The van der Waals surface area contributed by atoms with E-state index in [1.807, 2.05) is 5.32 Å². The normalized spacial score (nSPS) is 12.0. The van der Waals surface area contributed by atoms with E-state index in [-0.39, 0.29) is 19.4 Å². The van der Waals surface area contributed by atoms with Crippen LogP contribution in [0.2, 0.25) is 0 Å². The van der Waals surface area contributed by atoms with E-state index in [2.05, 4.69) is 5.32 Å². The summed E-state index contributed by atoms with van der Waals surface area (Å²) < 4.78 is 63.6. The average Bonchev–Trinajstić information content (AvgIpc) is 3.12. The van der Waals surface area contributed by atoms with Crippen molar-refractivity contribution in [1.82, 2.24) is 10.6 Å². The van der Waals surface area contributed by atoms with Crippen LogP contribution in [0.3, 0.4) is 0 Å². The van der Waals surface area contributed by atoms with Crippen LogP contribution in [0.25, 0.3) is 0 Å². The van der Waals surface area contributed by atoms with Gasteiger partial charge in [0, 0.05) is 24.7 Å². The molecule has 10 heteroatoms. The van der Waals surface area contributed by atoms with Crippen LogP contribution < -0.4 is 20.1 Å². The Morgan fingerprint density at radius 3 is 2.11 bits per heavy atom. The number of nitrogens with one attached hydrogen (secondary N) is 2. The van der Waals surface area contributed by atoms with Gasteiger partial charge in [-0.3, -0.25) is 9.59 Å². The van der Waals surface area contributed by atoms with Gasteiger partial charge in [0.2, 0.25) is 6.79 Å². The van der Waals surface area contributed by atoms with Crippen molar-refractivity contribution in [1.29, 1.82) is 0 Å². The first kappa shape index (κ1) is 18.5. The van der Waals surface area contributed by atoms with Gasteiger partial charge in [0.15, 0.2) is 34.8 Å². The van der Waals surface area contributed by atoms with E-state index in [1.54, 1.807) is 18.2 Å². The SMILES string of the molecule is O=C(NCc1ccc2c(c1)OCO2)C(=O)NCc1c(F)c(F)cc(F)c1F. The summed E-state index contributed by atoms with van der Waals surface area (Å²) in [6, 6.07) is 4.94. The topological polar surface area (TPSA) is 76.7 Å².